The molecule has 1 aromatic heterocycles. The van der Waals surface area contributed by atoms with Crippen LogP contribution in [0.3, 0.4) is 0 Å². The lowest BCUT2D eigenvalue weighted by molar-refractivity contribution is -0.384. The average Bonchev–Trinajstić information content (AvgIpc) is 2.38. The Morgan fingerprint density at radius 1 is 1.65 bits per heavy atom. The first kappa shape index (κ1) is 14.5. The van der Waals surface area contributed by atoms with Crippen LogP contribution in [0.25, 0.3) is 0 Å². The fraction of sp³-hybridized carbons (Fsp3) is 0.615. The van der Waals surface area contributed by atoms with Gasteiger partial charge in [-0.2, -0.15) is 0 Å². The third-order valence-corrected chi connectivity index (χ3v) is 3.89. The molecule has 1 heterocycles. The molecule has 2 atom stereocenters. The molecular weight excluding hydrogens is 260 g/mol. The summed E-state index contributed by atoms with van der Waals surface area (Å²) in [5.41, 5.74) is 4.97. The average molecular weight is 280 g/mol. The van der Waals surface area contributed by atoms with Gasteiger partial charge >= 0.3 is 5.69 Å². The molecule has 7 heteroatoms. The van der Waals surface area contributed by atoms with Crippen LogP contribution in [0.4, 0.5) is 17.3 Å². The highest BCUT2D eigenvalue weighted by Crippen LogP contribution is 2.35. The number of nitro groups is 1. The molecule has 1 fully saturated rings. The van der Waals surface area contributed by atoms with Crippen molar-refractivity contribution in [3.63, 3.8) is 0 Å². The summed E-state index contributed by atoms with van der Waals surface area (Å²) in [7, 11) is 0. The minimum absolute atomic E-state index is 0.00983. The third-order valence-electron chi connectivity index (χ3n) is 3.89. The maximum atomic E-state index is 10.7. The van der Waals surface area contributed by atoms with E-state index in [1.807, 2.05) is 0 Å². The Kier molecular flexibility index (Phi) is 4.08. The van der Waals surface area contributed by atoms with E-state index in [0.29, 0.717) is 11.7 Å². The molecule has 4 N–H and O–H groups in total. The Morgan fingerprint density at radius 2 is 2.40 bits per heavy atom. The van der Waals surface area contributed by atoms with Crippen molar-refractivity contribution in [3.05, 3.63) is 22.2 Å². The molecule has 2 unspecified atom stereocenters. The molecule has 1 aromatic rings. The van der Waals surface area contributed by atoms with Crippen molar-refractivity contribution < 1.29 is 10.0 Å². The number of aromatic nitrogens is 1. The van der Waals surface area contributed by atoms with E-state index < -0.39 is 10.5 Å². The van der Waals surface area contributed by atoms with Gasteiger partial charge in [-0.3, -0.25) is 10.1 Å². The Bertz CT molecular complexity index is 508. The van der Waals surface area contributed by atoms with Crippen molar-refractivity contribution in [3.8, 4) is 0 Å². The van der Waals surface area contributed by atoms with Gasteiger partial charge in [0.05, 0.1) is 17.1 Å². The fourth-order valence-corrected chi connectivity index (χ4v) is 2.92. The van der Waals surface area contributed by atoms with Crippen LogP contribution >= 0.6 is 0 Å². The monoisotopic (exact) mass is 280 g/mol. The smallest absolute Gasteiger partial charge is 0.311 e. The first-order valence-electron chi connectivity index (χ1n) is 6.76. The number of aliphatic hydroxyl groups is 1. The summed E-state index contributed by atoms with van der Waals surface area (Å²) in [6.45, 7) is 2.17. The summed E-state index contributed by atoms with van der Waals surface area (Å²) in [6.07, 6.45) is 3.89. The van der Waals surface area contributed by atoms with Gasteiger partial charge < -0.3 is 16.2 Å². The highest BCUT2D eigenvalue weighted by atomic mass is 16.6. The minimum atomic E-state index is -0.559. The van der Waals surface area contributed by atoms with E-state index in [9.17, 15) is 15.2 Å². The number of aliphatic hydroxyl groups excluding tert-OH is 1. The van der Waals surface area contributed by atoms with Gasteiger partial charge in [-0.15, -0.1) is 0 Å². The maximum absolute atomic E-state index is 10.7. The van der Waals surface area contributed by atoms with Crippen molar-refractivity contribution in [2.75, 3.05) is 17.7 Å². The Hall–Kier alpha value is -1.89. The van der Waals surface area contributed by atoms with Crippen molar-refractivity contribution in [1.29, 1.82) is 0 Å². The second kappa shape index (κ2) is 5.62. The zero-order chi connectivity index (χ0) is 14.8. The number of anilines is 2. The normalized spacial score (nSPS) is 26.2. The molecule has 0 aromatic carbocycles. The zero-order valence-electron chi connectivity index (χ0n) is 11.5. The lowest BCUT2D eigenvalue weighted by atomic mass is 9.77. The number of nitrogens with zero attached hydrogens (tertiary/aromatic N) is 2. The summed E-state index contributed by atoms with van der Waals surface area (Å²) >= 11 is 0. The van der Waals surface area contributed by atoms with E-state index in [-0.39, 0.29) is 18.1 Å². The topological polar surface area (TPSA) is 114 Å². The Labute approximate surface area is 117 Å². The van der Waals surface area contributed by atoms with E-state index in [0.717, 1.165) is 25.7 Å². The number of nitrogen functional groups attached to an aromatic ring is 1. The second-order valence-electron chi connectivity index (χ2n) is 5.62. The van der Waals surface area contributed by atoms with Crippen LogP contribution in [-0.4, -0.2) is 27.2 Å². The summed E-state index contributed by atoms with van der Waals surface area (Å²) in [5, 5.41) is 23.6. The molecule has 7 nitrogen and oxygen atoms in total. The van der Waals surface area contributed by atoms with Crippen molar-refractivity contribution >= 4 is 17.3 Å². The molecule has 0 saturated heterocycles. The first-order chi connectivity index (χ1) is 9.46. The van der Waals surface area contributed by atoms with Gasteiger partial charge in [0.15, 0.2) is 0 Å². The number of pyridine rings is 1. The SMILES string of the molecule is CC1CCCC(CO)(Nc2ccc([N+](=O)[O-])c(N)n2)C1. The van der Waals surface area contributed by atoms with Gasteiger partial charge in [-0.1, -0.05) is 19.8 Å². The van der Waals surface area contributed by atoms with Crippen LogP contribution < -0.4 is 11.1 Å². The van der Waals surface area contributed by atoms with Gasteiger partial charge in [-0.25, -0.2) is 4.98 Å². The quantitative estimate of drug-likeness (QED) is 0.573. The summed E-state index contributed by atoms with van der Waals surface area (Å²) in [5.74, 6) is 0.881. The zero-order valence-corrected chi connectivity index (χ0v) is 11.5. The van der Waals surface area contributed by atoms with Crippen LogP contribution in [0.15, 0.2) is 12.1 Å². The molecule has 110 valence electrons. The number of rotatable bonds is 4. The van der Waals surface area contributed by atoms with Crippen LogP contribution in [0.2, 0.25) is 0 Å². The first-order valence-corrected chi connectivity index (χ1v) is 6.76. The summed E-state index contributed by atoms with van der Waals surface area (Å²) in [6, 6.07) is 2.87. The number of nitrogens with one attached hydrogen (secondary N) is 1. The van der Waals surface area contributed by atoms with E-state index >= 15 is 0 Å². The maximum Gasteiger partial charge on any atom is 0.311 e. The summed E-state index contributed by atoms with van der Waals surface area (Å²) in [4.78, 5) is 14.2. The minimum Gasteiger partial charge on any atom is -0.394 e. The van der Waals surface area contributed by atoms with Crippen LogP contribution in [0.5, 0.6) is 0 Å². The second-order valence-corrected chi connectivity index (χ2v) is 5.62. The molecule has 0 bridgehead atoms. The lowest BCUT2D eigenvalue weighted by Crippen LogP contribution is -2.46. The standard InChI is InChI=1S/C13H20N4O3/c1-9-3-2-6-13(7-9,8-18)16-11-5-4-10(17(19)20)12(14)15-11/h4-5,9,18H,2-3,6-8H2,1H3,(H3,14,15,16). The number of nitrogens with two attached hydrogens (primary N) is 1. The molecule has 0 radical (unpaired) electrons. The Morgan fingerprint density at radius 3 is 2.95 bits per heavy atom. The van der Waals surface area contributed by atoms with Crippen molar-refractivity contribution in [2.45, 2.75) is 38.1 Å². The molecule has 0 aliphatic heterocycles. The van der Waals surface area contributed by atoms with E-state index in [4.69, 9.17) is 5.73 Å². The van der Waals surface area contributed by atoms with Gasteiger partial charge in [0, 0.05) is 6.07 Å². The van der Waals surface area contributed by atoms with Gasteiger partial charge in [-0.05, 0) is 24.8 Å². The van der Waals surface area contributed by atoms with Crippen LogP contribution in [0, 0.1) is 16.0 Å². The van der Waals surface area contributed by atoms with E-state index in [1.165, 1.54) is 12.1 Å². The van der Waals surface area contributed by atoms with Gasteiger partial charge in [0.25, 0.3) is 0 Å². The predicted molar refractivity (Wildman–Crippen MR) is 76.4 cm³/mol. The largest absolute Gasteiger partial charge is 0.394 e. The highest BCUT2D eigenvalue weighted by molar-refractivity contribution is 5.57. The molecule has 0 amide bonds. The van der Waals surface area contributed by atoms with Gasteiger partial charge in [0.1, 0.15) is 5.82 Å². The third kappa shape index (κ3) is 2.98. The molecular formula is C13H20N4O3. The fourth-order valence-electron chi connectivity index (χ4n) is 2.92. The van der Waals surface area contributed by atoms with Crippen LogP contribution in [0.1, 0.15) is 32.6 Å². The van der Waals surface area contributed by atoms with Crippen molar-refractivity contribution in [1.82, 2.24) is 4.98 Å². The van der Waals surface area contributed by atoms with Crippen LogP contribution in [-0.2, 0) is 0 Å². The molecule has 2 rings (SSSR count). The molecule has 20 heavy (non-hydrogen) atoms. The Balaban J connectivity index is 2.19. The number of hydrogen-bond donors (Lipinski definition) is 3. The lowest BCUT2D eigenvalue weighted by Gasteiger charge is -2.39. The molecule has 1 aliphatic rings. The van der Waals surface area contributed by atoms with Crippen molar-refractivity contribution in [2.24, 2.45) is 5.92 Å². The molecule has 1 saturated carbocycles. The van der Waals surface area contributed by atoms with E-state index in [1.54, 1.807) is 0 Å². The summed E-state index contributed by atoms with van der Waals surface area (Å²) < 4.78 is 0. The molecule has 0 spiro atoms. The number of hydrogen-bond acceptors (Lipinski definition) is 6. The molecule has 1 aliphatic carbocycles. The highest BCUT2D eigenvalue weighted by Gasteiger charge is 2.34. The predicted octanol–water partition coefficient (Wildman–Crippen LogP) is 1.93. The van der Waals surface area contributed by atoms with E-state index in [2.05, 4.69) is 17.2 Å². The van der Waals surface area contributed by atoms with Gasteiger partial charge in [0.2, 0.25) is 5.82 Å².